The van der Waals surface area contributed by atoms with E-state index in [2.05, 4.69) is 47.4 Å². The molecule has 1 aromatic heterocycles. The molecule has 2 N–H and O–H groups in total. The average Bonchev–Trinajstić information content (AvgIpc) is 2.65. The molecule has 0 saturated carbocycles. The molecule has 0 atom stereocenters. The zero-order chi connectivity index (χ0) is 20.3. The van der Waals surface area contributed by atoms with Gasteiger partial charge in [-0.1, -0.05) is 56.6 Å². The highest BCUT2D eigenvalue weighted by molar-refractivity contribution is 6.31. The number of rotatable bonds is 4. The first-order valence-electron chi connectivity index (χ1n) is 9.01. The van der Waals surface area contributed by atoms with Gasteiger partial charge in [0.25, 0.3) is 5.91 Å². The Bertz CT molecular complexity index is 994. The number of para-hydroxylation sites is 1. The van der Waals surface area contributed by atoms with Crippen molar-refractivity contribution in [2.75, 3.05) is 10.6 Å². The van der Waals surface area contributed by atoms with Gasteiger partial charge in [0.15, 0.2) is 0 Å². The van der Waals surface area contributed by atoms with E-state index in [0.717, 1.165) is 16.8 Å². The van der Waals surface area contributed by atoms with Crippen LogP contribution in [-0.4, -0.2) is 15.9 Å². The maximum atomic E-state index is 12.5. The predicted octanol–water partition coefficient (Wildman–Crippen LogP) is 5.73. The summed E-state index contributed by atoms with van der Waals surface area (Å²) in [5.74, 6) is 0.152. The molecule has 5 nitrogen and oxygen atoms in total. The Hall–Kier alpha value is -2.92. The summed E-state index contributed by atoms with van der Waals surface area (Å²) in [6.07, 6.45) is 3.01. The van der Waals surface area contributed by atoms with Crippen molar-refractivity contribution in [1.29, 1.82) is 0 Å². The van der Waals surface area contributed by atoms with Crippen LogP contribution < -0.4 is 10.6 Å². The lowest BCUT2D eigenvalue weighted by atomic mass is 9.86. The Morgan fingerprint density at radius 1 is 0.964 bits per heavy atom. The molecule has 0 spiro atoms. The van der Waals surface area contributed by atoms with Crippen LogP contribution in [0.2, 0.25) is 5.02 Å². The molecule has 28 heavy (non-hydrogen) atoms. The second-order valence-corrected chi connectivity index (χ2v) is 7.99. The summed E-state index contributed by atoms with van der Waals surface area (Å²) in [4.78, 5) is 21.1. The lowest BCUT2D eigenvalue weighted by molar-refractivity contribution is 0.102. The normalized spacial score (nSPS) is 11.2. The van der Waals surface area contributed by atoms with E-state index in [1.54, 1.807) is 18.2 Å². The number of carbonyl (C=O) groups is 1. The fraction of sp³-hybridized carbons (Fsp3) is 0.227. The summed E-state index contributed by atoms with van der Waals surface area (Å²) in [5.41, 5.74) is 3.94. The van der Waals surface area contributed by atoms with Crippen molar-refractivity contribution in [1.82, 2.24) is 9.97 Å². The third-order valence-corrected chi connectivity index (χ3v) is 4.82. The molecule has 2 aromatic carbocycles. The van der Waals surface area contributed by atoms with Crippen molar-refractivity contribution in [2.45, 2.75) is 33.1 Å². The maximum absolute atomic E-state index is 12.5. The quantitative estimate of drug-likeness (QED) is 0.592. The van der Waals surface area contributed by atoms with E-state index >= 15 is 0 Å². The van der Waals surface area contributed by atoms with Gasteiger partial charge in [0.1, 0.15) is 0 Å². The Labute approximate surface area is 170 Å². The number of nitrogens with one attached hydrogen (secondary N) is 2. The second kappa shape index (κ2) is 7.98. The van der Waals surface area contributed by atoms with Crippen LogP contribution in [0.4, 0.5) is 17.3 Å². The molecule has 0 unspecified atom stereocenters. The summed E-state index contributed by atoms with van der Waals surface area (Å²) in [6.45, 7) is 8.31. The van der Waals surface area contributed by atoms with Gasteiger partial charge < -0.3 is 10.6 Å². The van der Waals surface area contributed by atoms with Gasteiger partial charge in [-0.05, 0) is 41.7 Å². The van der Waals surface area contributed by atoms with Crippen LogP contribution in [0.5, 0.6) is 0 Å². The molecule has 1 heterocycles. The minimum Gasteiger partial charge on any atom is -0.324 e. The van der Waals surface area contributed by atoms with E-state index in [0.29, 0.717) is 22.2 Å². The number of hydrogen-bond donors (Lipinski definition) is 2. The van der Waals surface area contributed by atoms with E-state index in [-0.39, 0.29) is 11.3 Å². The molecule has 0 bridgehead atoms. The molecule has 0 radical (unpaired) electrons. The number of nitrogens with zero attached hydrogens (tertiary/aromatic N) is 2. The SMILES string of the molecule is Cc1c(Cl)cccc1NC(=O)c1cnc(Nc2ccccc2C(C)(C)C)nc1. The van der Waals surface area contributed by atoms with Crippen LogP contribution in [0.1, 0.15) is 42.3 Å². The standard InChI is InChI=1S/C22H23ClN4O/c1-14-17(23)9-7-11-18(14)26-20(28)15-12-24-21(25-13-15)27-19-10-6-5-8-16(19)22(2,3)4/h5-13H,1-4H3,(H,26,28)(H,24,25,27). The molecule has 3 aromatic rings. The van der Waals surface area contributed by atoms with Crippen LogP contribution in [0.3, 0.4) is 0 Å². The Balaban J connectivity index is 1.76. The Morgan fingerprint density at radius 2 is 1.61 bits per heavy atom. The van der Waals surface area contributed by atoms with E-state index in [9.17, 15) is 4.79 Å². The highest BCUT2D eigenvalue weighted by Gasteiger charge is 2.18. The molecule has 0 saturated heterocycles. The number of hydrogen-bond acceptors (Lipinski definition) is 4. The Kier molecular flexibility index (Phi) is 5.66. The molecule has 6 heteroatoms. The highest BCUT2D eigenvalue weighted by atomic mass is 35.5. The number of carbonyl (C=O) groups excluding carboxylic acids is 1. The monoisotopic (exact) mass is 394 g/mol. The molecule has 0 aliphatic rings. The topological polar surface area (TPSA) is 66.9 Å². The largest absolute Gasteiger partial charge is 0.324 e. The van der Waals surface area contributed by atoms with E-state index < -0.39 is 0 Å². The summed E-state index contributed by atoms with van der Waals surface area (Å²) < 4.78 is 0. The lowest BCUT2D eigenvalue weighted by Gasteiger charge is -2.22. The predicted molar refractivity (Wildman–Crippen MR) is 115 cm³/mol. The third kappa shape index (κ3) is 4.49. The first kappa shape index (κ1) is 19.8. The van der Waals surface area contributed by atoms with E-state index in [1.165, 1.54) is 12.4 Å². The van der Waals surface area contributed by atoms with Crippen molar-refractivity contribution in [2.24, 2.45) is 0 Å². The number of aromatic nitrogens is 2. The molecule has 0 aliphatic heterocycles. The zero-order valence-electron chi connectivity index (χ0n) is 16.4. The second-order valence-electron chi connectivity index (χ2n) is 7.58. The molecular weight excluding hydrogens is 372 g/mol. The summed E-state index contributed by atoms with van der Waals surface area (Å²) in [5, 5.41) is 6.68. The number of benzene rings is 2. The van der Waals surface area contributed by atoms with Gasteiger partial charge in [-0.3, -0.25) is 4.79 Å². The smallest absolute Gasteiger partial charge is 0.258 e. The van der Waals surface area contributed by atoms with E-state index in [1.807, 2.05) is 25.1 Å². The molecule has 0 aliphatic carbocycles. The fourth-order valence-electron chi connectivity index (χ4n) is 2.81. The average molecular weight is 395 g/mol. The van der Waals surface area contributed by atoms with Crippen LogP contribution in [0.25, 0.3) is 0 Å². The first-order valence-corrected chi connectivity index (χ1v) is 9.38. The van der Waals surface area contributed by atoms with Crippen LogP contribution in [-0.2, 0) is 5.41 Å². The minimum atomic E-state index is -0.285. The minimum absolute atomic E-state index is 0.0156. The van der Waals surface area contributed by atoms with Crippen LogP contribution in [0.15, 0.2) is 54.9 Å². The lowest BCUT2D eigenvalue weighted by Crippen LogP contribution is -2.15. The van der Waals surface area contributed by atoms with E-state index in [4.69, 9.17) is 11.6 Å². The number of halogens is 1. The van der Waals surface area contributed by atoms with Gasteiger partial charge in [-0.25, -0.2) is 9.97 Å². The molecule has 1 amide bonds. The van der Waals surface area contributed by atoms with Gasteiger partial charge in [-0.2, -0.15) is 0 Å². The molecule has 0 fully saturated rings. The summed E-state index contributed by atoms with van der Waals surface area (Å²) in [7, 11) is 0. The molecule has 144 valence electrons. The van der Waals surface area contributed by atoms with Gasteiger partial charge in [0, 0.05) is 28.8 Å². The molecular formula is C22H23ClN4O. The number of amides is 1. The van der Waals surface area contributed by atoms with Gasteiger partial charge in [0.2, 0.25) is 5.95 Å². The van der Waals surface area contributed by atoms with Gasteiger partial charge >= 0.3 is 0 Å². The van der Waals surface area contributed by atoms with Crippen molar-refractivity contribution in [3.8, 4) is 0 Å². The molecule has 3 rings (SSSR count). The van der Waals surface area contributed by atoms with Gasteiger partial charge in [-0.15, -0.1) is 0 Å². The van der Waals surface area contributed by atoms with Crippen molar-refractivity contribution in [3.05, 3.63) is 76.6 Å². The third-order valence-electron chi connectivity index (χ3n) is 4.41. The van der Waals surface area contributed by atoms with Crippen molar-refractivity contribution >= 4 is 34.8 Å². The Morgan fingerprint density at radius 3 is 2.29 bits per heavy atom. The summed E-state index contributed by atoms with van der Waals surface area (Å²) in [6, 6.07) is 13.4. The summed E-state index contributed by atoms with van der Waals surface area (Å²) >= 11 is 6.10. The first-order chi connectivity index (χ1) is 13.3. The van der Waals surface area contributed by atoms with Gasteiger partial charge in [0.05, 0.1) is 5.56 Å². The van der Waals surface area contributed by atoms with Crippen molar-refractivity contribution in [3.63, 3.8) is 0 Å². The number of anilines is 3. The van der Waals surface area contributed by atoms with Crippen molar-refractivity contribution < 1.29 is 4.79 Å². The fourth-order valence-corrected chi connectivity index (χ4v) is 2.99. The van der Waals surface area contributed by atoms with Crippen LogP contribution >= 0.6 is 11.6 Å². The highest BCUT2D eigenvalue weighted by Crippen LogP contribution is 2.30. The van der Waals surface area contributed by atoms with Crippen LogP contribution in [0, 0.1) is 6.92 Å². The zero-order valence-corrected chi connectivity index (χ0v) is 17.1. The maximum Gasteiger partial charge on any atom is 0.258 e.